The van der Waals surface area contributed by atoms with Gasteiger partial charge in [-0.3, -0.25) is 9.59 Å². The monoisotopic (exact) mass is 323 g/mol. The van der Waals surface area contributed by atoms with Gasteiger partial charge >= 0.3 is 0 Å². The van der Waals surface area contributed by atoms with Crippen molar-refractivity contribution in [3.63, 3.8) is 0 Å². The largest absolute Gasteiger partial charge is 0.504 e. The van der Waals surface area contributed by atoms with Crippen LogP contribution in [0.4, 0.5) is 5.82 Å². The number of carbonyl (C=O) groups is 1. The second kappa shape index (κ2) is 5.66. The number of aromatic nitrogens is 2. The molecule has 19 heavy (non-hydrogen) atoms. The van der Waals surface area contributed by atoms with Gasteiger partial charge in [0.15, 0.2) is 11.6 Å². The third kappa shape index (κ3) is 3.41. The Morgan fingerprint density at radius 3 is 2.95 bits per heavy atom. The maximum absolute atomic E-state index is 11.8. The van der Waals surface area contributed by atoms with E-state index in [1.807, 2.05) is 0 Å². The number of amides is 1. The number of nitrogens with zero attached hydrogens (tertiary/aromatic N) is 2. The first-order chi connectivity index (χ1) is 9.06. The van der Waals surface area contributed by atoms with E-state index in [9.17, 15) is 14.7 Å². The predicted octanol–water partition coefficient (Wildman–Crippen LogP) is 1.35. The van der Waals surface area contributed by atoms with E-state index in [-0.39, 0.29) is 23.7 Å². The van der Waals surface area contributed by atoms with Gasteiger partial charge in [-0.1, -0.05) is 0 Å². The molecule has 98 valence electrons. The van der Waals surface area contributed by atoms with Crippen LogP contribution in [0.3, 0.4) is 0 Å². The second-order valence-corrected chi connectivity index (χ2v) is 4.65. The van der Waals surface area contributed by atoms with E-state index in [2.05, 4.69) is 26.2 Å². The van der Waals surface area contributed by atoms with Gasteiger partial charge in [-0.25, -0.2) is 4.98 Å². The lowest BCUT2D eigenvalue weighted by molar-refractivity contribution is -0.116. The Hall–Kier alpha value is -2.15. The minimum absolute atomic E-state index is 0.0653. The Kier molecular flexibility index (Phi) is 3.96. The Morgan fingerprint density at radius 1 is 1.42 bits per heavy atom. The molecule has 0 unspecified atom stereocenters. The van der Waals surface area contributed by atoms with Crippen molar-refractivity contribution in [1.29, 1.82) is 0 Å². The minimum atomic E-state index is -0.450. The molecule has 0 aromatic carbocycles. The molecule has 2 N–H and O–H groups in total. The molecule has 2 rings (SSSR count). The highest BCUT2D eigenvalue weighted by atomic mass is 79.9. The normalized spacial score (nSPS) is 10.2. The van der Waals surface area contributed by atoms with Crippen LogP contribution in [0, 0.1) is 0 Å². The molecule has 0 spiro atoms. The average molecular weight is 324 g/mol. The Bertz CT molecular complexity index is 669. The summed E-state index contributed by atoms with van der Waals surface area (Å²) < 4.78 is 1.94. The number of anilines is 1. The Balaban J connectivity index is 2.12. The lowest BCUT2D eigenvalue weighted by Gasteiger charge is -2.07. The van der Waals surface area contributed by atoms with Crippen molar-refractivity contribution in [3.05, 3.63) is 51.5 Å². The van der Waals surface area contributed by atoms with E-state index in [1.165, 1.54) is 29.1 Å². The molecule has 2 heterocycles. The molecule has 0 fully saturated rings. The second-order valence-electron chi connectivity index (χ2n) is 3.73. The standard InChI is InChI=1S/C12H10BrN3O3/c13-8-3-4-11(19)16(6-8)7-10(18)15-12-9(17)2-1-5-14-12/h1-6,17H,7H2,(H,14,15,18). The third-order valence-electron chi connectivity index (χ3n) is 2.31. The summed E-state index contributed by atoms with van der Waals surface area (Å²) in [5, 5.41) is 11.9. The number of rotatable bonds is 3. The summed E-state index contributed by atoms with van der Waals surface area (Å²) in [5.74, 6) is -0.512. The van der Waals surface area contributed by atoms with Gasteiger partial charge in [-0.2, -0.15) is 0 Å². The van der Waals surface area contributed by atoms with Gasteiger partial charge in [0.1, 0.15) is 6.54 Å². The molecule has 0 bridgehead atoms. The Morgan fingerprint density at radius 2 is 2.21 bits per heavy atom. The van der Waals surface area contributed by atoms with Crippen LogP contribution in [-0.2, 0) is 11.3 Å². The number of aromatic hydroxyl groups is 1. The first-order valence-corrected chi connectivity index (χ1v) is 6.15. The fourth-order valence-electron chi connectivity index (χ4n) is 1.45. The van der Waals surface area contributed by atoms with Crippen molar-refractivity contribution in [2.75, 3.05) is 5.32 Å². The zero-order valence-corrected chi connectivity index (χ0v) is 11.3. The summed E-state index contributed by atoms with van der Waals surface area (Å²) in [7, 11) is 0. The summed E-state index contributed by atoms with van der Waals surface area (Å²) in [6, 6.07) is 5.91. The van der Waals surface area contributed by atoms with E-state index in [4.69, 9.17) is 0 Å². The number of hydrogen-bond acceptors (Lipinski definition) is 4. The quantitative estimate of drug-likeness (QED) is 0.893. The van der Waals surface area contributed by atoms with Crippen LogP contribution in [0.15, 0.2) is 45.9 Å². The van der Waals surface area contributed by atoms with Crippen molar-refractivity contribution in [3.8, 4) is 5.75 Å². The maximum atomic E-state index is 11.8. The SMILES string of the molecule is O=C(Cn1cc(Br)ccc1=O)Nc1ncccc1O. The number of carbonyl (C=O) groups excluding carboxylic acids is 1. The van der Waals surface area contributed by atoms with E-state index in [1.54, 1.807) is 12.1 Å². The summed E-state index contributed by atoms with van der Waals surface area (Å²) >= 11 is 3.22. The minimum Gasteiger partial charge on any atom is -0.504 e. The van der Waals surface area contributed by atoms with Crippen LogP contribution in [0.2, 0.25) is 0 Å². The smallest absolute Gasteiger partial charge is 0.251 e. The first-order valence-electron chi connectivity index (χ1n) is 5.36. The van der Waals surface area contributed by atoms with Crippen molar-refractivity contribution in [2.24, 2.45) is 0 Å². The maximum Gasteiger partial charge on any atom is 0.251 e. The van der Waals surface area contributed by atoms with Crippen LogP contribution in [0.1, 0.15) is 0 Å². The van der Waals surface area contributed by atoms with Gasteiger partial charge in [0.2, 0.25) is 5.91 Å². The third-order valence-corrected chi connectivity index (χ3v) is 2.77. The highest BCUT2D eigenvalue weighted by Crippen LogP contribution is 2.17. The molecule has 0 saturated heterocycles. The fraction of sp³-hybridized carbons (Fsp3) is 0.0833. The van der Waals surface area contributed by atoms with E-state index < -0.39 is 5.91 Å². The summed E-state index contributed by atoms with van der Waals surface area (Å²) in [6.07, 6.45) is 2.96. The van der Waals surface area contributed by atoms with Gasteiger partial charge < -0.3 is 15.0 Å². The predicted molar refractivity (Wildman–Crippen MR) is 72.9 cm³/mol. The molecule has 0 atom stereocenters. The number of halogens is 1. The van der Waals surface area contributed by atoms with E-state index in [0.717, 1.165) is 0 Å². The lowest BCUT2D eigenvalue weighted by Crippen LogP contribution is -2.26. The van der Waals surface area contributed by atoms with Gasteiger partial charge in [-0.15, -0.1) is 0 Å². The molecule has 2 aromatic heterocycles. The topological polar surface area (TPSA) is 84.2 Å². The van der Waals surface area contributed by atoms with Gasteiger partial charge in [-0.05, 0) is 34.1 Å². The summed E-state index contributed by atoms with van der Waals surface area (Å²) in [5.41, 5.74) is -0.288. The molecular formula is C12H10BrN3O3. The zero-order chi connectivity index (χ0) is 13.8. The van der Waals surface area contributed by atoms with Gasteiger partial charge in [0.05, 0.1) is 0 Å². The number of pyridine rings is 2. The van der Waals surface area contributed by atoms with Crippen LogP contribution >= 0.6 is 15.9 Å². The summed E-state index contributed by atoms with van der Waals surface area (Å²) in [6.45, 7) is -0.158. The molecule has 6 nitrogen and oxygen atoms in total. The molecule has 0 radical (unpaired) electrons. The van der Waals surface area contributed by atoms with Gasteiger partial charge in [0, 0.05) is 22.9 Å². The van der Waals surface area contributed by atoms with Crippen molar-refractivity contribution in [2.45, 2.75) is 6.54 Å². The van der Waals surface area contributed by atoms with Crippen LogP contribution in [0.5, 0.6) is 5.75 Å². The molecule has 2 aromatic rings. The van der Waals surface area contributed by atoms with Crippen LogP contribution < -0.4 is 10.9 Å². The van der Waals surface area contributed by atoms with Crippen molar-refractivity contribution in [1.82, 2.24) is 9.55 Å². The molecule has 0 aliphatic rings. The highest BCUT2D eigenvalue weighted by Gasteiger charge is 2.08. The summed E-state index contributed by atoms with van der Waals surface area (Å²) in [4.78, 5) is 27.1. The molecule has 7 heteroatoms. The molecular weight excluding hydrogens is 314 g/mol. The van der Waals surface area contributed by atoms with Crippen molar-refractivity contribution >= 4 is 27.7 Å². The van der Waals surface area contributed by atoms with Crippen LogP contribution in [0.25, 0.3) is 0 Å². The van der Waals surface area contributed by atoms with Crippen LogP contribution in [-0.4, -0.2) is 20.6 Å². The molecule has 1 amide bonds. The molecule has 0 saturated carbocycles. The highest BCUT2D eigenvalue weighted by molar-refractivity contribution is 9.10. The van der Waals surface area contributed by atoms with Crippen molar-refractivity contribution < 1.29 is 9.90 Å². The molecule has 0 aliphatic carbocycles. The Labute approximate surface area is 116 Å². The molecule has 0 aliphatic heterocycles. The number of nitrogens with one attached hydrogen (secondary N) is 1. The number of hydrogen-bond donors (Lipinski definition) is 2. The lowest BCUT2D eigenvalue weighted by atomic mass is 10.4. The van der Waals surface area contributed by atoms with E-state index in [0.29, 0.717) is 4.47 Å². The first kappa shape index (κ1) is 13.3. The van der Waals surface area contributed by atoms with Gasteiger partial charge in [0.25, 0.3) is 5.56 Å². The zero-order valence-electron chi connectivity index (χ0n) is 9.71. The fourth-order valence-corrected chi connectivity index (χ4v) is 1.82. The average Bonchev–Trinajstić information content (AvgIpc) is 2.37. The van der Waals surface area contributed by atoms with E-state index >= 15 is 0 Å².